The number of hydrogen-bond acceptors (Lipinski definition) is 3. The van der Waals surface area contributed by atoms with Crippen molar-refractivity contribution in [1.82, 2.24) is 10.2 Å². The topological polar surface area (TPSA) is 24.5 Å². The van der Waals surface area contributed by atoms with Gasteiger partial charge in [0.15, 0.2) is 0 Å². The maximum Gasteiger partial charge on any atom is 0.111 e. The van der Waals surface area contributed by atoms with Gasteiger partial charge in [-0.1, -0.05) is 13.8 Å². The lowest BCUT2D eigenvalue weighted by Crippen LogP contribution is -2.59. The van der Waals surface area contributed by atoms with Crippen molar-refractivity contribution >= 4 is 0 Å². The summed E-state index contributed by atoms with van der Waals surface area (Å²) in [4.78, 5) is 2.68. The Labute approximate surface area is 124 Å². The zero-order valence-corrected chi connectivity index (χ0v) is 13.6. The van der Waals surface area contributed by atoms with Crippen LogP contribution in [-0.4, -0.2) is 42.7 Å². The highest BCUT2D eigenvalue weighted by molar-refractivity contribution is 5.15. The first kappa shape index (κ1) is 15.8. The van der Waals surface area contributed by atoms with Crippen molar-refractivity contribution in [1.29, 1.82) is 0 Å². The Balaban J connectivity index is 2.19. The number of allylic oxidation sites excluding steroid dienone is 1. The molecule has 0 saturated carbocycles. The molecule has 20 heavy (non-hydrogen) atoms. The van der Waals surface area contributed by atoms with Gasteiger partial charge in [-0.25, -0.2) is 0 Å². The van der Waals surface area contributed by atoms with Gasteiger partial charge in [0, 0.05) is 5.54 Å². The summed E-state index contributed by atoms with van der Waals surface area (Å²) in [5.74, 6) is 1.20. The number of likely N-dealkylation sites (tertiary alicyclic amines) is 1. The van der Waals surface area contributed by atoms with Crippen LogP contribution in [0.15, 0.2) is 11.8 Å². The highest BCUT2D eigenvalue weighted by Gasteiger charge is 2.41. The fourth-order valence-electron chi connectivity index (χ4n) is 3.53. The zero-order valence-electron chi connectivity index (χ0n) is 13.6. The van der Waals surface area contributed by atoms with Gasteiger partial charge in [0.25, 0.3) is 0 Å². The van der Waals surface area contributed by atoms with Crippen LogP contribution in [0.1, 0.15) is 59.3 Å². The third-order valence-corrected chi connectivity index (χ3v) is 5.01. The molecule has 0 amide bonds. The normalized spacial score (nSPS) is 24.9. The van der Waals surface area contributed by atoms with Crippen LogP contribution < -0.4 is 5.32 Å². The van der Waals surface area contributed by atoms with Crippen molar-refractivity contribution in [2.75, 3.05) is 26.2 Å². The van der Waals surface area contributed by atoms with Gasteiger partial charge in [-0.3, -0.25) is 4.90 Å². The smallest absolute Gasteiger partial charge is 0.111 e. The molecule has 3 heteroatoms. The average molecular weight is 280 g/mol. The third-order valence-electron chi connectivity index (χ3n) is 5.01. The van der Waals surface area contributed by atoms with Gasteiger partial charge in [0.1, 0.15) is 5.76 Å². The monoisotopic (exact) mass is 280 g/mol. The zero-order chi connectivity index (χ0) is 14.4. The summed E-state index contributed by atoms with van der Waals surface area (Å²) in [6.07, 6.45) is 9.67. The van der Waals surface area contributed by atoms with E-state index in [-0.39, 0.29) is 5.54 Å². The molecule has 0 aromatic carbocycles. The van der Waals surface area contributed by atoms with Crippen molar-refractivity contribution < 1.29 is 4.74 Å². The van der Waals surface area contributed by atoms with E-state index in [4.69, 9.17) is 4.74 Å². The van der Waals surface area contributed by atoms with Crippen LogP contribution in [0.3, 0.4) is 0 Å². The lowest BCUT2D eigenvalue weighted by Gasteiger charge is -2.46. The Morgan fingerprint density at radius 1 is 1.30 bits per heavy atom. The van der Waals surface area contributed by atoms with E-state index in [2.05, 4.69) is 37.1 Å². The molecule has 2 atom stereocenters. The molecule has 2 heterocycles. The van der Waals surface area contributed by atoms with Gasteiger partial charge in [0.2, 0.25) is 0 Å². The van der Waals surface area contributed by atoms with E-state index in [0.717, 1.165) is 26.0 Å². The van der Waals surface area contributed by atoms with Gasteiger partial charge in [-0.15, -0.1) is 0 Å². The van der Waals surface area contributed by atoms with Crippen LogP contribution >= 0.6 is 0 Å². The summed E-state index contributed by atoms with van der Waals surface area (Å²) in [6.45, 7) is 11.4. The number of nitrogens with zero attached hydrogens (tertiary/aromatic N) is 1. The van der Waals surface area contributed by atoms with Gasteiger partial charge in [-0.2, -0.15) is 0 Å². The molecular weight excluding hydrogens is 248 g/mol. The third kappa shape index (κ3) is 3.37. The summed E-state index contributed by atoms with van der Waals surface area (Å²) in [7, 11) is 0. The molecule has 0 radical (unpaired) electrons. The second-order valence-electron chi connectivity index (χ2n) is 6.39. The van der Waals surface area contributed by atoms with E-state index in [1.54, 1.807) is 0 Å². The van der Waals surface area contributed by atoms with Gasteiger partial charge >= 0.3 is 0 Å². The quantitative estimate of drug-likeness (QED) is 0.774. The van der Waals surface area contributed by atoms with Gasteiger partial charge in [0.05, 0.1) is 12.6 Å². The van der Waals surface area contributed by atoms with Crippen LogP contribution in [0.25, 0.3) is 0 Å². The highest BCUT2D eigenvalue weighted by atomic mass is 16.5. The molecule has 3 nitrogen and oxygen atoms in total. The Kier molecular flexibility index (Phi) is 5.91. The molecule has 0 spiro atoms. The van der Waals surface area contributed by atoms with Crippen molar-refractivity contribution in [3.05, 3.63) is 11.8 Å². The standard InChI is InChI=1S/C17H32N2O/c1-4-11-18-16(15-10-6-9-14-20-15)17(3,5-2)19-12-7-8-13-19/h10,16,18H,4-9,11-14H2,1-3H3. The van der Waals surface area contributed by atoms with Crippen LogP contribution in [0.5, 0.6) is 0 Å². The minimum absolute atomic E-state index is 0.175. The number of ether oxygens (including phenoxy) is 1. The fraction of sp³-hybridized carbons (Fsp3) is 0.882. The van der Waals surface area contributed by atoms with E-state index < -0.39 is 0 Å². The SMILES string of the molecule is CCCNC(C1=CCCCO1)C(C)(CC)N1CCCC1. The second-order valence-corrected chi connectivity index (χ2v) is 6.39. The van der Waals surface area contributed by atoms with Crippen LogP contribution in [0.2, 0.25) is 0 Å². The Bertz CT molecular complexity index is 323. The molecule has 1 N–H and O–H groups in total. The van der Waals surface area contributed by atoms with E-state index in [9.17, 15) is 0 Å². The van der Waals surface area contributed by atoms with Crippen LogP contribution in [-0.2, 0) is 4.74 Å². The molecule has 1 fully saturated rings. The van der Waals surface area contributed by atoms with E-state index in [0.29, 0.717) is 6.04 Å². The maximum absolute atomic E-state index is 6.02. The molecular formula is C17H32N2O. The van der Waals surface area contributed by atoms with Crippen LogP contribution in [0.4, 0.5) is 0 Å². The predicted molar refractivity (Wildman–Crippen MR) is 84.9 cm³/mol. The maximum atomic E-state index is 6.02. The Morgan fingerprint density at radius 2 is 2.05 bits per heavy atom. The van der Waals surface area contributed by atoms with Gasteiger partial charge < -0.3 is 10.1 Å². The largest absolute Gasteiger partial charge is 0.497 e. The van der Waals surface area contributed by atoms with E-state index in [1.807, 2.05) is 0 Å². The Hall–Kier alpha value is -0.540. The summed E-state index contributed by atoms with van der Waals surface area (Å²) in [6, 6.07) is 0.339. The first-order chi connectivity index (χ1) is 9.72. The molecule has 0 aliphatic carbocycles. The molecule has 2 unspecified atom stereocenters. The summed E-state index contributed by atoms with van der Waals surface area (Å²) < 4.78 is 6.02. The molecule has 2 aliphatic rings. The van der Waals surface area contributed by atoms with Crippen molar-refractivity contribution in [2.24, 2.45) is 0 Å². The van der Waals surface area contributed by atoms with Gasteiger partial charge in [-0.05, 0) is 71.2 Å². The first-order valence-electron chi connectivity index (χ1n) is 8.53. The summed E-state index contributed by atoms with van der Waals surface area (Å²) in [5.41, 5.74) is 0.175. The van der Waals surface area contributed by atoms with Crippen molar-refractivity contribution in [2.45, 2.75) is 70.9 Å². The first-order valence-corrected chi connectivity index (χ1v) is 8.53. The molecule has 2 rings (SSSR count). The predicted octanol–water partition coefficient (Wildman–Crippen LogP) is 3.31. The lowest BCUT2D eigenvalue weighted by atomic mass is 9.85. The summed E-state index contributed by atoms with van der Waals surface area (Å²) >= 11 is 0. The number of hydrogen-bond donors (Lipinski definition) is 1. The minimum atomic E-state index is 0.175. The summed E-state index contributed by atoms with van der Waals surface area (Å²) in [5, 5.41) is 3.77. The molecule has 0 aromatic rings. The lowest BCUT2D eigenvalue weighted by molar-refractivity contribution is 0.0587. The van der Waals surface area contributed by atoms with E-state index in [1.165, 1.54) is 44.5 Å². The molecule has 0 aromatic heterocycles. The molecule has 1 saturated heterocycles. The highest BCUT2D eigenvalue weighted by Crippen LogP contribution is 2.32. The number of nitrogens with one attached hydrogen (secondary N) is 1. The fourth-order valence-corrected chi connectivity index (χ4v) is 3.53. The van der Waals surface area contributed by atoms with Crippen molar-refractivity contribution in [3.8, 4) is 0 Å². The van der Waals surface area contributed by atoms with Crippen molar-refractivity contribution in [3.63, 3.8) is 0 Å². The second kappa shape index (κ2) is 7.46. The molecule has 2 aliphatic heterocycles. The van der Waals surface area contributed by atoms with E-state index >= 15 is 0 Å². The molecule has 116 valence electrons. The average Bonchev–Trinajstić information content (AvgIpc) is 3.03. The molecule has 0 bridgehead atoms. The Morgan fingerprint density at radius 3 is 2.60 bits per heavy atom. The minimum Gasteiger partial charge on any atom is -0.497 e. The number of rotatable bonds is 7. The van der Waals surface area contributed by atoms with Crippen LogP contribution in [0, 0.1) is 0 Å².